The fourth-order valence-electron chi connectivity index (χ4n) is 4.03. The van der Waals surface area contributed by atoms with Crippen molar-refractivity contribution in [2.45, 2.75) is 26.1 Å². The Kier molecular flexibility index (Phi) is 4.78. The van der Waals surface area contributed by atoms with Crippen LogP contribution in [0.5, 0.6) is 11.5 Å². The van der Waals surface area contributed by atoms with Crippen LogP contribution in [0.2, 0.25) is 0 Å². The highest BCUT2D eigenvalue weighted by Gasteiger charge is 2.42. The number of rotatable bonds is 4. The number of aromatic nitrogens is 1. The molecular formula is C24H22N3O4+. The average molecular weight is 416 g/mol. The molecule has 1 N–H and O–H groups in total. The standard InChI is InChI=1S/C24H21N3O4/c1-16-6-2-3-7-18(16)25-24(29)23-19-8-4-5-11-26(19)14-22(28)27(23)13-17-9-10-20-21(12-17)31-15-30-20/h2-12,23H,13-15H2,1H3/p+1/t23-/m1/s1. The summed E-state index contributed by atoms with van der Waals surface area (Å²) < 4.78 is 12.7. The predicted molar refractivity (Wildman–Crippen MR) is 112 cm³/mol. The quantitative estimate of drug-likeness (QED) is 0.664. The summed E-state index contributed by atoms with van der Waals surface area (Å²) in [4.78, 5) is 28.2. The third kappa shape index (κ3) is 3.59. The van der Waals surface area contributed by atoms with Gasteiger partial charge >= 0.3 is 0 Å². The number of ether oxygens (including phenoxy) is 2. The molecule has 7 nitrogen and oxygen atoms in total. The summed E-state index contributed by atoms with van der Waals surface area (Å²) in [6.07, 6.45) is 1.83. The molecule has 3 heterocycles. The largest absolute Gasteiger partial charge is 0.454 e. The van der Waals surface area contributed by atoms with Crippen molar-refractivity contribution in [3.05, 3.63) is 83.7 Å². The molecule has 0 saturated carbocycles. The number of anilines is 1. The number of pyridine rings is 1. The van der Waals surface area contributed by atoms with Crippen LogP contribution >= 0.6 is 0 Å². The van der Waals surface area contributed by atoms with Crippen LogP contribution in [0, 0.1) is 6.92 Å². The minimum Gasteiger partial charge on any atom is -0.454 e. The van der Waals surface area contributed by atoms with Crippen molar-refractivity contribution in [2.24, 2.45) is 0 Å². The van der Waals surface area contributed by atoms with E-state index in [9.17, 15) is 9.59 Å². The van der Waals surface area contributed by atoms with Gasteiger partial charge in [0.2, 0.25) is 19.0 Å². The Bertz CT molecular complexity index is 1180. The molecule has 0 bridgehead atoms. The number of aryl methyl sites for hydroxylation is 1. The normalized spacial score (nSPS) is 16.7. The molecule has 0 aliphatic carbocycles. The van der Waals surface area contributed by atoms with E-state index in [1.165, 1.54) is 0 Å². The zero-order chi connectivity index (χ0) is 21.4. The molecular weight excluding hydrogens is 394 g/mol. The van der Waals surface area contributed by atoms with Gasteiger partial charge in [-0.25, -0.2) is 0 Å². The SMILES string of the molecule is Cc1ccccc1NC(=O)[C@H]1c2cccc[n+]2CC(=O)N1Cc1ccc2c(c1)OCO2. The number of nitrogens with one attached hydrogen (secondary N) is 1. The van der Waals surface area contributed by atoms with Gasteiger partial charge in [0, 0.05) is 24.4 Å². The number of amides is 2. The van der Waals surface area contributed by atoms with Crippen LogP contribution in [0.25, 0.3) is 0 Å². The number of benzene rings is 2. The number of hydrogen-bond acceptors (Lipinski definition) is 4. The summed E-state index contributed by atoms with van der Waals surface area (Å²) >= 11 is 0. The smallest absolute Gasteiger partial charge is 0.289 e. The maximum atomic E-state index is 13.5. The highest BCUT2D eigenvalue weighted by molar-refractivity contribution is 5.98. The molecule has 156 valence electrons. The van der Waals surface area contributed by atoms with Gasteiger partial charge in [-0.3, -0.25) is 9.59 Å². The van der Waals surface area contributed by atoms with Crippen molar-refractivity contribution in [1.29, 1.82) is 0 Å². The topological polar surface area (TPSA) is 71.8 Å². The molecule has 2 aliphatic heterocycles. The molecule has 31 heavy (non-hydrogen) atoms. The first-order valence-electron chi connectivity index (χ1n) is 10.1. The lowest BCUT2D eigenvalue weighted by Gasteiger charge is -2.32. The zero-order valence-electron chi connectivity index (χ0n) is 17.1. The molecule has 0 spiro atoms. The molecule has 0 saturated heterocycles. The van der Waals surface area contributed by atoms with E-state index < -0.39 is 6.04 Å². The Balaban J connectivity index is 1.50. The molecule has 0 fully saturated rings. The molecule has 7 heteroatoms. The second-order valence-corrected chi connectivity index (χ2v) is 7.67. The van der Waals surface area contributed by atoms with Gasteiger partial charge in [0.25, 0.3) is 11.8 Å². The van der Waals surface area contributed by atoms with E-state index in [4.69, 9.17) is 9.47 Å². The van der Waals surface area contributed by atoms with E-state index in [0.29, 0.717) is 11.5 Å². The Hall–Kier alpha value is -3.87. The van der Waals surface area contributed by atoms with E-state index in [0.717, 1.165) is 22.5 Å². The van der Waals surface area contributed by atoms with E-state index >= 15 is 0 Å². The van der Waals surface area contributed by atoms with Crippen LogP contribution in [0.4, 0.5) is 5.69 Å². The summed E-state index contributed by atoms with van der Waals surface area (Å²) in [6, 6.07) is 18.1. The second kappa shape index (κ2) is 7.75. The molecule has 2 aliphatic rings. The number of carbonyl (C=O) groups is 2. The number of para-hydroxylation sites is 1. The van der Waals surface area contributed by atoms with Crippen LogP contribution < -0.4 is 19.4 Å². The lowest BCUT2D eigenvalue weighted by atomic mass is 10.0. The molecule has 2 aromatic carbocycles. The fraction of sp³-hybridized carbons (Fsp3) is 0.208. The van der Waals surface area contributed by atoms with Gasteiger partial charge in [0.15, 0.2) is 23.7 Å². The third-order valence-corrected chi connectivity index (χ3v) is 5.63. The number of carbonyl (C=O) groups excluding carboxylic acids is 2. The van der Waals surface area contributed by atoms with Crippen molar-refractivity contribution < 1.29 is 23.6 Å². The number of hydrogen-bond donors (Lipinski definition) is 1. The van der Waals surface area contributed by atoms with Crippen LogP contribution in [-0.4, -0.2) is 23.5 Å². The van der Waals surface area contributed by atoms with Gasteiger partial charge in [0.05, 0.1) is 0 Å². The first kappa shape index (κ1) is 19.1. The van der Waals surface area contributed by atoms with Crippen LogP contribution in [0.1, 0.15) is 22.9 Å². The van der Waals surface area contributed by atoms with E-state index in [-0.39, 0.29) is 31.7 Å². The van der Waals surface area contributed by atoms with E-state index in [2.05, 4.69) is 5.32 Å². The van der Waals surface area contributed by atoms with Gasteiger partial charge in [-0.05, 0) is 36.2 Å². The maximum Gasteiger partial charge on any atom is 0.289 e. The second-order valence-electron chi connectivity index (χ2n) is 7.67. The molecule has 1 aromatic heterocycles. The molecule has 1 atom stereocenters. The highest BCUT2D eigenvalue weighted by Crippen LogP contribution is 2.34. The average Bonchev–Trinajstić information content (AvgIpc) is 3.23. The minimum absolute atomic E-state index is 0.119. The Morgan fingerprint density at radius 2 is 1.90 bits per heavy atom. The van der Waals surface area contributed by atoms with Crippen molar-refractivity contribution in [3.8, 4) is 11.5 Å². The van der Waals surface area contributed by atoms with Gasteiger partial charge < -0.3 is 19.7 Å². The van der Waals surface area contributed by atoms with Crippen molar-refractivity contribution in [1.82, 2.24) is 4.90 Å². The fourth-order valence-corrected chi connectivity index (χ4v) is 4.03. The van der Waals surface area contributed by atoms with Crippen molar-refractivity contribution >= 4 is 17.5 Å². The predicted octanol–water partition coefficient (Wildman–Crippen LogP) is 2.73. The first-order chi connectivity index (χ1) is 15.1. The molecule has 5 rings (SSSR count). The van der Waals surface area contributed by atoms with E-state index in [1.807, 2.05) is 78.4 Å². The Morgan fingerprint density at radius 1 is 1.10 bits per heavy atom. The minimum atomic E-state index is -0.757. The van der Waals surface area contributed by atoms with Gasteiger partial charge in [-0.1, -0.05) is 30.3 Å². The van der Waals surface area contributed by atoms with E-state index in [1.54, 1.807) is 4.90 Å². The highest BCUT2D eigenvalue weighted by atomic mass is 16.7. The third-order valence-electron chi connectivity index (χ3n) is 5.63. The van der Waals surface area contributed by atoms with Crippen LogP contribution in [0.3, 0.4) is 0 Å². The summed E-state index contributed by atoms with van der Waals surface area (Å²) in [7, 11) is 0. The molecule has 0 radical (unpaired) electrons. The number of fused-ring (bicyclic) bond motifs is 2. The monoisotopic (exact) mass is 416 g/mol. The lowest BCUT2D eigenvalue weighted by molar-refractivity contribution is -0.698. The molecule has 3 aromatic rings. The van der Waals surface area contributed by atoms with Crippen LogP contribution in [-0.2, 0) is 22.7 Å². The van der Waals surface area contributed by atoms with Crippen LogP contribution in [0.15, 0.2) is 66.9 Å². The van der Waals surface area contributed by atoms with Crippen molar-refractivity contribution in [2.75, 3.05) is 12.1 Å². The Labute approximate surface area is 179 Å². The zero-order valence-corrected chi connectivity index (χ0v) is 17.1. The first-order valence-corrected chi connectivity index (χ1v) is 10.1. The summed E-state index contributed by atoms with van der Waals surface area (Å²) in [5.41, 5.74) is 3.34. The summed E-state index contributed by atoms with van der Waals surface area (Å²) in [5.74, 6) is 0.968. The lowest BCUT2D eigenvalue weighted by Crippen LogP contribution is -2.58. The Morgan fingerprint density at radius 3 is 2.77 bits per heavy atom. The van der Waals surface area contributed by atoms with Gasteiger partial charge in [-0.15, -0.1) is 0 Å². The van der Waals surface area contributed by atoms with Crippen molar-refractivity contribution in [3.63, 3.8) is 0 Å². The summed E-state index contributed by atoms with van der Waals surface area (Å²) in [5, 5.41) is 3.01. The maximum absolute atomic E-state index is 13.5. The summed E-state index contributed by atoms with van der Waals surface area (Å²) in [6.45, 7) is 2.60. The molecule has 0 unspecified atom stereocenters. The number of nitrogens with zero attached hydrogens (tertiary/aromatic N) is 2. The molecule has 2 amide bonds. The van der Waals surface area contributed by atoms with Gasteiger partial charge in [0.1, 0.15) is 0 Å². The van der Waals surface area contributed by atoms with Gasteiger partial charge in [-0.2, -0.15) is 4.57 Å².